The highest BCUT2D eigenvalue weighted by molar-refractivity contribution is 5.93. The summed E-state index contributed by atoms with van der Waals surface area (Å²) in [5.74, 6) is -0.892. The fraction of sp³-hybridized carbons (Fsp3) is 0.529. The van der Waals surface area contributed by atoms with E-state index < -0.39 is 12.0 Å². The summed E-state index contributed by atoms with van der Waals surface area (Å²) in [5.41, 5.74) is 1.84. The third kappa shape index (κ3) is 5.15. The number of rotatable bonds is 8. The molecule has 0 aliphatic heterocycles. The van der Waals surface area contributed by atoms with Crippen molar-refractivity contribution in [1.82, 2.24) is 5.32 Å². The lowest BCUT2D eigenvalue weighted by atomic mass is 9.99. The third-order valence-corrected chi connectivity index (χ3v) is 3.82. The van der Waals surface area contributed by atoms with E-state index in [1.54, 1.807) is 0 Å². The molecule has 122 valence electrons. The number of carboxylic acids is 1. The lowest BCUT2D eigenvalue weighted by Crippen LogP contribution is -2.45. The van der Waals surface area contributed by atoms with Crippen LogP contribution in [0.5, 0.6) is 0 Å². The summed E-state index contributed by atoms with van der Waals surface area (Å²) in [6, 6.07) is 6.93. The molecule has 1 aromatic rings. The molecule has 2 atom stereocenters. The van der Waals surface area contributed by atoms with Crippen molar-refractivity contribution in [3.63, 3.8) is 0 Å². The molecule has 1 rings (SSSR count). The summed E-state index contributed by atoms with van der Waals surface area (Å²) in [7, 11) is 0. The fourth-order valence-corrected chi connectivity index (χ4v) is 2.28. The Labute approximate surface area is 132 Å². The van der Waals surface area contributed by atoms with Gasteiger partial charge in [0, 0.05) is 5.69 Å². The van der Waals surface area contributed by atoms with Crippen molar-refractivity contribution in [1.29, 1.82) is 0 Å². The molecule has 0 aliphatic rings. The van der Waals surface area contributed by atoms with E-state index in [1.165, 1.54) is 0 Å². The average molecular weight is 306 g/mol. The van der Waals surface area contributed by atoms with E-state index in [0.29, 0.717) is 5.92 Å². The van der Waals surface area contributed by atoms with Crippen LogP contribution >= 0.6 is 0 Å². The first-order valence-electron chi connectivity index (χ1n) is 7.71. The van der Waals surface area contributed by atoms with Crippen molar-refractivity contribution in [2.45, 2.75) is 46.1 Å². The molecule has 3 N–H and O–H groups in total. The van der Waals surface area contributed by atoms with Gasteiger partial charge in [-0.3, -0.25) is 14.9 Å². The Hall–Kier alpha value is -1.88. The standard InChI is InChI=1S/C17H26N2O3/c1-5-12(4)16(17(21)22)18-10-15(20)19-14-9-7-6-8-13(14)11(2)3/h6-9,11-12,16,18H,5,10H2,1-4H3,(H,19,20)(H,21,22)/t12-,16-/m0/s1. The van der Waals surface area contributed by atoms with E-state index in [9.17, 15) is 14.7 Å². The van der Waals surface area contributed by atoms with Crippen molar-refractivity contribution in [2.24, 2.45) is 5.92 Å². The number of nitrogens with one attached hydrogen (secondary N) is 2. The first-order valence-corrected chi connectivity index (χ1v) is 7.71. The number of carbonyl (C=O) groups is 2. The maximum absolute atomic E-state index is 12.1. The predicted octanol–water partition coefficient (Wildman–Crippen LogP) is 2.84. The zero-order valence-corrected chi connectivity index (χ0v) is 13.7. The highest BCUT2D eigenvalue weighted by Gasteiger charge is 2.23. The SMILES string of the molecule is CC[C@H](C)[C@H](NCC(=O)Nc1ccccc1C(C)C)C(=O)O. The Balaban J connectivity index is 2.65. The number of amides is 1. The molecule has 1 amide bonds. The summed E-state index contributed by atoms with van der Waals surface area (Å²) in [6.45, 7) is 7.89. The third-order valence-electron chi connectivity index (χ3n) is 3.82. The number of benzene rings is 1. The number of aliphatic carboxylic acids is 1. The molecule has 5 heteroatoms. The van der Waals surface area contributed by atoms with Gasteiger partial charge in [0.1, 0.15) is 6.04 Å². The first kappa shape index (κ1) is 18.2. The minimum atomic E-state index is -0.926. The maximum Gasteiger partial charge on any atom is 0.320 e. The van der Waals surface area contributed by atoms with Crippen LogP contribution in [-0.4, -0.2) is 29.6 Å². The van der Waals surface area contributed by atoms with Crippen molar-refractivity contribution in [2.75, 3.05) is 11.9 Å². The molecule has 0 spiro atoms. The molecular formula is C17H26N2O3. The van der Waals surface area contributed by atoms with Gasteiger partial charge in [0.2, 0.25) is 5.91 Å². The van der Waals surface area contributed by atoms with Crippen molar-refractivity contribution < 1.29 is 14.7 Å². The summed E-state index contributed by atoms with van der Waals surface area (Å²) < 4.78 is 0. The number of anilines is 1. The molecule has 0 aliphatic carbocycles. The van der Waals surface area contributed by atoms with Gasteiger partial charge in [-0.1, -0.05) is 52.3 Å². The van der Waals surface area contributed by atoms with Gasteiger partial charge < -0.3 is 10.4 Å². The van der Waals surface area contributed by atoms with E-state index in [-0.39, 0.29) is 18.4 Å². The smallest absolute Gasteiger partial charge is 0.320 e. The minimum Gasteiger partial charge on any atom is -0.480 e. The van der Waals surface area contributed by atoms with Gasteiger partial charge in [0.05, 0.1) is 6.54 Å². The van der Waals surface area contributed by atoms with Gasteiger partial charge in [-0.15, -0.1) is 0 Å². The maximum atomic E-state index is 12.1. The normalized spacial score (nSPS) is 13.7. The van der Waals surface area contributed by atoms with E-state index in [0.717, 1.165) is 17.7 Å². The predicted molar refractivity (Wildman–Crippen MR) is 88.0 cm³/mol. The monoisotopic (exact) mass is 306 g/mol. The van der Waals surface area contributed by atoms with Crippen molar-refractivity contribution in [3.05, 3.63) is 29.8 Å². The molecule has 0 radical (unpaired) electrons. The van der Waals surface area contributed by atoms with Gasteiger partial charge >= 0.3 is 5.97 Å². The highest BCUT2D eigenvalue weighted by atomic mass is 16.4. The van der Waals surface area contributed by atoms with Crippen LogP contribution in [0.2, 0.25) is 0 Å². The largest absolute Gasteiger partial charge is 0.480 e. The number of carboxylic acid groups (broad SMARTS) is 1. The number of carbonyl (C=O) groups excluding carboxylic acids is 1. The quantitative estimate of drug-likeness (QED) is 0.690. The molecular weight excluding hydrogens is 280 g/mol. The Kier molecular flexibility index (Phi) is 7.05. The molecule has 22 heavy (non-hydrogen) atoms. The summed E-state index contributed by atoms with van der Waals surface area (Å²) >= 11 is 0. The van der Waals surface area contributed by atoms with Crippen LogP contribution in [0.1, 0.15) is 45.6 Å². The van der Waals surface area contributed by atoms with Gasteiger partial charge in [-0.2, -0.15) is 0 Å². The molecule has 1 aromatic carbocycles. The molecule has 5 nitrogen and oxygen atoms in total. The van der Waals surface area contributed by atoms with Crippen LogP contribution in [0.25, 0.3) is 0 Å². The second-order valence-electron chi connectivity index (χ2n) is 5.87. The second-order valence-corrected chi connectivity index (χ2v) is 5.87. The highest BCUT2D eigenvalue weighted by Crippen LogP contribution is 2.23. The van der Waals surface area contributed by atoms with Crippen LogP contribution in [0.4, 0.5) is 5.69 Å². The van der Waals surface area contributed by atoms with Crippen LogP contribution < -0.4 is 10.6 Å². The molecule has 0 bridgehead atoms. The first-order chi connectivity index (χ1) is 10.4. The Morgan fingerprint density at radius 1 is 1.18 bits per heavy atom. The van der Waals surface area contributed by atoms with Crippen LogP contribution in [-0.2, 0) is 9.59 Å². The summed E-state index contributed by atoms with van der Waals surface area (Å²) in [4.78, 5) is 23.3. The molecule has 0 unspecified atom stereocenters. The van der Waals surface area contributed by atoms with E-state index >= 15 is 0 Å². The van der Waals surface area contributed by atoms with Crippen LogP contribution in [0, 0.1) is 5.92 Å². The molecule has 0 heterocycles. The molecule has 0 aromatic heterocycles. The molecule has 0 saturated heterocycles. The number of hydrogen-bond acceptors (Lipinski definition) is 3. The molecule has 0 saturated carbocycles. The Bertz CT molecular complexity index is 514. The van der Waals surface area contributed by atoms with Gasteiger partial charge in [-0.25, -0.2) is 0 Å². The van der Waals surface area contributed by atoms with E-state index in [1.807, 2.05) is 38.1 Å². The molecule has 0 fully saturated rings. The number of para-hydroxylation sites is 1. The van der Waals surface area contributed by atoms with Gasteiger partial charge in [0.15, 0.2) is 0 Å². The average Bonchev–Trinajstić information content (AvgIpc) is 2.47. The topological polar surface area (TPSA) is 78.4 Å². The van der Waals surface area contributed by atoms with E-state index in [2.05, 4.69) is 24.5 Å². The fourth-order valence-electron chi connectivity index (χ4n) is 2.28. The lowest BCUT2D eigenvalue weighted by Gasteiger charge is -2.20. The summed E-state index contributed by atoms with van der Waals surface area (Å²) in [6.07, 6.45) is 0.738. The zero-order valence-electron chi connectivity index (χ0n) is 13.7. The Morgan fingerprint density at radius 2 is 1.82 bits per heavy atom. The van der Waals surface area contributed by atoms with Crippen LogP contribution in [0.3, 0.4) is 0 Å². The lowest BCUT2D eigenvalue weighted by molar-refractivity contribution is -0.140. The van der Waals surface area contributed by atoms with Crippen molar-refractivity contribution in [3.8, 4) is 0 Å². The van der Waals surface area contributed by atoms with Crippen LogP contribution in [0.15, 0.2) is 24.3 Å². The van der Waals surface area contributed by atoms with Gasteiger partial charge in [0.25, 0.3) is 0 Å². The van der Waals surface area contributed by atoms with Crippen molar-refractivity contribution >= 4 is 17.6 Å². The van der Waals surface area contributed by atoms with Gasteiger partial charge in [-0.05, 0) is 23.5 Å². The minimum absolute atomic E-state index is 0.0201. The van der Waals surface area contributed by atoms with E-state index in [4.69, 9.17) is 0 Å². The Morgan fingerprint density at radius 3 is 2.36 bits per heavy atom. The number of hydrogen-bond donors (Lipinski definition) is 3. The zero-order chi connectivity index (χ0) is 16.7. The summed E-state index contributed by atoms with van der Waals surface area (Å²) in [5, 5.41) is 14.9. The second kappa shape index (κ2) is 8.54.